The Labute approximate surface area is 96.3 Å². The maximum Gasteiger partial charge on any atom is 0.279 e. The van der Waals surface area contributed by atoms with Gasteiger partial charge < -0.3 is 0 Å². The van der Waals surface area contributed by atoms with E-state index in [0.717, 1.165) is 10.6 Å². The van der Waals surface area contributed by atoms with Crippen molar-refractivity contribution < 1.29 is 4.79 Å². The third kappa shape index (κ3) is 2.08. The van der Waals surface area contributed by atoms with Crippen LogP contribution in [0.5, 0.6) is 0 Å². The fourth-order valence-corrected chi connectivity index (χ4v) is 1.95. The summed E-state index contributed by atoms with van der Waals surface area (Å²) in [5.41, 5.74) is 1.22. The zero-order valence-corrected chi connectivity index (χ0v) is 10.00. The summed E-state index contributed by atoms with van der Waals surface area (Å²) in [5.74, 6) is -0.290. The summed E-state index contributed by atoms with van der Waals surface area (Å²) >= 11 is 1.45. The molecular formula is C9H11N5OS. The SMILES string of the molecule is Cc1nc(NC(=O)c2cnn(C)n2)sc1C. The minimum Gasteiger partial charge on any atom is -0.296 e. The number of hydrogen-bond acceptors (Lipinski definition) is 5. The van der Waals surface area contributed by atoms with E-state index < -0.39 is 0 Å². The van der Waals surface area contributed by atoms with Crippen LogP contribution in [0.15, 0.2) is 6.20 Å². The van der Waals surface area contributed by atoms with Crippen LogP contribution in [0.1, 0.15) is 21.1 Å². The number of aryl methyl sites for hydroxylation is 3. The second-order valence-corrected chi connectivity index (χ2v) is 4.54. The van der Waals surface area contributed by atoms with Gasteiger partial charge in [0.1, 0.15) is 0 Å². The van der Waals surface area contributed by atoms with E-state index in [1.165, 1.54) is 22.3 Å². The lowest BCUT2D eigenvalue weighted by molar-refractivity contribution is 0.102. The maximum absolute atomic E-state index is 11.7. The Balaban J connectivity index is 2.13. The van der Waals surface area contributed by atoms with E-state index in [0.29, 0.717) is 5.13 Å². The largest absolute Gasteiger partial charge is 0.296 e. The van der Waals surface area contributed by atoms with Crippen molar-refractivity contribution in [1.82, 2.24) is 20.0 Å². The van der Waals surface area contributed by atoms with E-state index in [4.69, 9.17) is 0 Å². The zero-order chi connectivity index (χ0) is 11.7. The highest BCUT2D eigenvalue weighted by Crippen LogP contribution is 2.21. The van der Waals surface area contributed by atoms with Crippen LogP contribution in [-0.2, 0) is 7.05 Å². The van der Waals surface area contributed by atoms with Gasteiger partial charge in [0.2, 0.25) is 0 Å². The van der Waals surface area contributed by atoms with Crippen molar-refractivity contribution in [3.63, 3.8) is 0 Å². The molecule has 0 unspecified atom stereocenters. The molecule has 0 aliphatic heterocycles. The molecule has 0 aliphatic rings. The van der Waals surface area contributed by atoms with Crippen LogP contribution in [0.4, 0.5) is 5.13 Å². The highest BCUT2D eigenvalue weighted by atomic mass is 32.1. The lowest BCUT2D eigenvalue weighted by Crippen LogP contribution is -2.12. The summed E-state index contributed by atoms with van der Waals surface area (Å²) in [7, 11) is 1.66. The average Bonchev–Trinajstić information content (AvgIpc) is 2.75. The van der Waals surface area contributed by atoms with Crippen LogP contribution in [0.2, 0.25) is 0 Å². The Bertz CT molecular complexity index is 510. The molecule has 0 atom stereocenters. The van der Waals surface area contributed by atoms with Gasteiger partial charge in [0.15, 0.2) is 10.8 Å². The van der Waals surface area contributed by atoms with E-state index in [-0.39, 0.29) is 11.6 Å². The molecular weight excluding hydrogens is 226 g/mol. The van der Waals surface area contributed by atoms with Crippen molar-refractivity contribution in [2.45, 2.75) is 13.8 Å². The third-order valence-corrected chi connectivity index (χ3v) is 3.07. The number of nitrogens with one attached hydrogen (secondary N) is 1. The molecule has 0 radical (unpaired) electrons. The van der Waals surface area contributed by atoms with Crippen LogP contribution < -0.4 is 5.32 Å². The second kappa shape index (κ2) is 4.01. The number of carbonyl (C=O) groups excluding carboxylic acids is 1. The van der Waals surface area contributed by atoms with Crippen molar-refractivity contribution in [2.75, 3.05) is 5.32 Å². The first-order valence-corrected chi connectivity index (χ1v) is 5.49. The monoisotopic (exact) mass is 237 g/mol. The second-order valence-electron chi connectivity index (χ2n) is 3.33. The van der Waals surface area contributed by atoms with Crippen LogP contribution >= 0.6 is 11.3 Å². The number of anilines is 1. The molecule has 7 heteroatoms. The third-order valence-electron chi connectivity index (χ3n) is 2.08. The molecule has 0 saturated carbocycles. The molecule has 2 heterocycles. The molecule has 0 spiro atoms. The predicted molar refractivity (Wildman–Crippen MR) is 60.5 cm³/mol. The smallest absolute Gasteiger partial charge is 0.279 e. The quantitative estimate of drug-likeness (QED) is 0.850. The topological polar surface area (TPSA) is 72.7 Å². The number of amides is 1. The highest BCUT2D eigenvalue weighted by molar-refractivity contribution is 7.15. The normalized spacial score (nSPS) is 10.4. The van der Waals surface area contributed by atoms with Gasteiger partial charge >= 0.3 is 0 Å². The van der Waals surface area contributed by atoms with E-state index in [1.54, 1.807) is 7.05 Å². The molecule has 0 saturated heterocycles. The van der Waals surface area contributed by atoms with Crippen molar-refractivity contribution in [3.8, 4) is 0 Å². The molecule has 16 heavy (non-hydrogen) atoms. The Morgan fingerprint density at radius 3 is 2.75 bits per heavy atom. The Morgan fingerprint density at radius 1 is 1.50 bits per heavy atom. The highest BCUT2D eigenvalue weighted by Gasteiger charge is 2.12. The molecule has 0 bridgehead atoms. The van der Waals surface area contributed by atoms with Crippen molar-refractivity contribution in [1.29, 1.82) is 0 Å². The molecule has 0 aromatic carbocycles. The van der Waals surface area contributed by atoms with Gasteiger partial charge in [-0.15, -0.1) is 16.4 Å². The van der Waals surface area contributed by atoms with E-state index >= 15 is 0 Å². The number of thiazole rings is 1. The lowest BCUT2D eigenvalue weighted by atomic mass is 10.4. The van der Waals surface area contributed by atoms with Crippen molar-refractivity contribution in [2.24, 2.45) is 7.05 Å². The first-order chi connectivity index (χ1) is 7.56. The minimum absolute atomic E-state index is 0.285. The number of aromatic nitrogens is 4. The summed E-state index contributed by atoms with van der Waals surface area (Å²) in [6.45, 7) is 3.87. The predicted octanol–water partition coefficient (Wildman–Crippen LogP) is 1.14. The van der Waals surface area contributed by atoms with Crippen LogP contribution in [0, 0.1) is 13.8 Å². The molecule has 2 rings (SSSR count). The molecule has 2 aromatic heterocycles. The first-order valence-electron chi connectivity index (χ1n) is 4.68. The van der Waals surface area contributed by atoms with Gasteiger partial charge in [-0.2, -0.15) is 9.90 Å². The fraction of sp³-hybridized carbons (Fsp3) is 0.333. The summed E-state index contributed by atoms with van der Waals surface area (Å²) in [6.07, 6.45) is 1.42. The van der Waals surface area contributed by atoms with Crippen molar-refractivity contribution in [3.05, 3.63) is 22.5 Å². The van der Waals surface area contributed by atoms with E-state index in [9.17, 15) is 4.79 Å². The lowest BCUT2D eigenvalue weighted by Gasteiger charge is -1.95. The summed E-state index contributed by atoms with van der Waals surface area (Å²) in [5, 5.41) is 11.0. The molecule has 1 N–H and O–H groups in total. The van der Waals surface area contributed by atoms with E-state index in [1.807, 2.05) is 13.8 Å². The molecule has 84 valence electrons. The Kier molecular flexibility index (Phi) is 2.69. The summed E-state index contributed by atoms with van der Waals surface area (Å²) < 4.78 is 0. The molecule has 2 aromatic rings. The van der Waals surface area contributed by atoms with Crippen molar-refractivity contribution >= 4 is 22.4 Å². The summed E-state index contributed by atoms with van der Waals surface area (Å²) in [6, 6.07) is 0. The fourth-order valence-electron chi connectivity index (χ4n) is 1.14. The molecule has 0 aliphatic carbocycles. The maximum atomic E-state index is 11.7. The van der Waals surface area contributed by atoms with Gasteiger partial charge in [-0.1, -0.05) is 0 Å². The number of rotatable bonds is 2. The van der Waals surface area contributed by atoms with E-state index in [2.05, 4.69) is 20.5 Å². The van der Waals surface area contributed by atoms with Gasteiger partial charge in [0.05, 0.1) is 11.9 Å². The van der Waals surface area contributed by atoms with Crippen LogP contribution in [0.25, 0.3) is 0 Å². The number of hydrogen-bond donors (Lipinski definition) is 1. The van der Waals surface area contributed by atoms with Gasteiger partial charge in [0.25, 0.3) is 5.91 Å². The average molecular weight is 237 g/mol. The van der Waals surface area contributed by atoms with Crippen LogP contribution in [-0.4, -0.2) is 25.9 Å². The Morgan fingerprint density at radius 2 is 2.25 bits per heavy atom. The zero-order valence-electron chi connectivity index (χ0n) is 9.18. The number of carbonyl (C=O) groups is 1. The van der Waals surface area contributed by atoms with Crippen LogP contribution in [0.3, 0.4) is 0 Å². The first kappa shape index (κ1) is 10.7. The molecule has 0 fully saturated rings. The van der Waals surface area contributed by atoms with Gasteiger partial charge in [-0.3, -0.25) is 10.1 Å². The standard InChI is InChI=1S/C9H11N5OS/c1-5-6(2)16-9(11-5)12-8(15)7-4-10-14(3)13-7/h4H,1-3H3,(H,11,12,15). The van der Waals surface area contributed by atoms with Gasteiger partial charge in [-0.25, -0.2) is 4.98 Å². The molecule has 1 amide bonds. The molecule has 6 nitrogen and oxygen atoms in total. The number of nitrogens with zero attached hydrogens (tertiary/aromatic N) is 4. The Hall–Kier alpha value is -1.76. The summed E-state index contributed by atoms with van der Waals surface area (Å²) in [4.78, 5) is 18.3. The van der Waals surface area contributed by atoms with Gasteiger partial charge in [-0.05, 0) is 13.8 Å². The minimum atomic E-state index is -0.290. The van der Waals surface area contributed by atoms with Gasteiger partial charge in [0, 0.05) is 11.9 Å².